The summed E-state index contributed by atoms with van der Waals surface area (Å²) in [5, 5.41) is 1.72. The molecule has 90 valence electrons. The maximum absolute atomic E-state index is 6.00. The molecule has 3 heteroatoms. The molecule has 0 aliphatic heterocycles. The van der Waals surface area contributed by atoms with Gasteiger partial charge in [0.2, 0.25) is 0 Å². The Morgan fingerprint density at radius 3 is 2.72 bits per heavy atom. The molecule has 3 rings (SSSR count). The number of fused-ring (bicyclic) bond motifs is 1. The molecule has 0 fully saturated rings. The number of furan rings is 1. The molecule has 0 radical (unpaired) electrons. The Kier molecular flexibility index (Phi) is 2.53. The zero-order chi connectivity index (χ0) is 12.7. The van der Waals surface area contributed by atoms with E-state index in [2.05, 4.69) is 0 Å². The molecule has 0 spiro atoms. The van der Waals surface area contributed by atoms with E-state index in [1.54, 1.807) is 12.1 Å². The van der Waals surface area contributed by atoms with Gasteiger partial charge in [-0.25, -0.2) is 0 Å². The van der Waals surface area contributed by atoms with E-state index in [9.17, 15) is 0 Å². The van der Waals surface area contributed by atoms with Crippen LogP contribution in [0.15, 0.2) is 46.9 Å². The van der Waals surface area contributed by atoms with Crippen molar-refractivity contribution in [3.8, 4) is 11.3 Å². The summed E-state index contributed by atoms with van der Waals surface area (Å²) in [5.74, 6) is 0.749. The lowest BCUT2D eigenvalue weighted by Crippen LogP contribution is -1.88. The topological polar surface area (TPSA) is 39.2 Å². The number of aryl methyl sites for hydroxylation is 1. The molecule has 2 nitrogen and oxygen atoms in total. The van der Waals surface area contributed by atoms with Crippen molar-refractivity contribution in [2.75, 3.05) is 5.73 Å². The molecule has 0 saturated heterocycles. The number of hydrogen-bond donors (Lipinski definition) is 1. The van der Waals surface area contributed by atoms with Gasteiger partial charge in [0.15, 0.2) is 0 Å². The van der Waals surface area contributed by atoms with E-state index in [1.807, 2.05) is 37.3 Å². The third kappa shape index (κ3) is 1.75. The van der Waals surface area contributed by atoms with Crippen LogP contribution in [-0.2, 0) is 0 Å². The van der Waals surface area contributed by atoms with Gasteiger partial charge in [-0.3, -0.25) is 0 Å². The SMILES string of the molecule is Cc1cccc2cc(-c3cc(Cl)ccc3N)oc12. The van der Waals surface area contributed by atoms with Gasteiger partial charge in [-0.2, -0.15) is 0 Å². The fourth-order valence-corrected chi connectivity index (χ4v) is 2.26. The van der Waals surface area contributed by atoms with Crippen molar-refractivity contribution in [2.24, 2.45) is 0 Å². The smallest absolute Gasteiger partial charge is 0.137 e. The highest BCUT2D eigenvalue weighted by Gasteiger charge is 2.10. The predicted molar refractivity (Wildman–Crippen MR) is 75.8 cm³/mol. The minimum Gasteiger partial charge on any atom is -0.456 e. The molecule has 0 amide bonds. The van der Waals surface area contributed by atoms with Crippen LogP contribution in [0, 0.1) is 6.92 Å². The first-order chi connectivity index (χ1) is 8.65. The number of halogens is 1. The van der Waals surface area contributed by atoms with E-state index < -0.39 is 0 Å². The Balaban J connectivity index is 2.26. The second-order valence-corrected chi connectivity index (χ2v) is 4.77. The number of benzene rings is 2. The van der Waals surface area contributed by atoms with Crippen molar-refractivity contribution in [1.82, 2.24) is 0 Å². The van der Waals surface area contributed by atoms with Crippen molar-refractivity contribution in [3.05, 3.63) is 53.1 Å². The first-order valence-corrected chi connectivity index (χ1v) is 6.07. The number of anilines is 1. The molecule has 3 aromatic rings. The summed E-state index contributed by atoms with van der Waals surface area (Å²) in [4.78, 5) is 0. The molecule has 0 aliphatic carbocycles. The third-order valence-corrected chi connectivity index (χ3v) is 3.26. The molecule has 0 unspecified atom stereocenters. The standard InChI is InChI=1S/C15H12ClNO/c1-9-3-2-4-10-7-14(18-15(9)10)12-8-11(16)5-6-13(12)17/h2-8H,17H2,1H3. The van der Waals surface area contributed by atoms with E-state index >= 15 is 0 Å². The Morgan fingerprint density at radius 2 is 1.94 bits per heavy atom. The summed E-state index contributed by atoms with van der Waals surface area (Å²) in [6.45, 7) is 2.02. The molecule has 2 N–H and O–H groups in total. The minimum atomic E-state index is 0.649. The second-order valence-electron chi connectivity index (χ2n) is 4.34. The highest BCUT2D eigenvalue weighted by atomic mass is 35.5. The van der Waals surface area contributed by atoms with Crippen molar-refractivity contribution >= 4 is 28.3 Å². The van der Waals surface area contributed by atoms with Gasteiger partial charge < -0.3 is 10.2 Å². The van der Waals surface area contributed by atoms with Gasteiger partial charge in [0.1, 0.15) is 11.3 Å². The van der Waals surface area contributed by atoms with Gasteiger partial charge in [-0.1, -0.05) is 29.8 Å². The van der Waals surface area contributed by atoms with Crippen LogP contribution in [0.25, 0.3) is 22.3 Å². The summed E-state index contributed by atoms with van der Waals surface area (Å²) in [6, 6.07) is 13.4. The first kappa shape index (κ1) is 11.2. The van der Waals surface area contributed by atoms with Gasteiger partial charge in [-0.15, -0.1) is 0 Å². The lowest BCUT2D eigenvalue weighted by atomic mass is 10.1. The lowest BCUT2D eigenvalue weighted by Gasteiger charge is -2.02. The van der Waals surface area contributed by atoms with Crippen molar-refractivity contribution < 1.29 is 4.42 Å². The van der Waals surface area contributed by atoms with E-state index in [4.69, 9.17) is 21.8 Å². The van der Waals surface area contributed by atoms with Gasteiger partial charge in [0.05, 0.1) is 0 Å². The summed E-state index contributed by atoms with van der Waals surface area (Å²) >= 11 is 6.00. The van der Waals surface area contributed by atoms with E-state index in [0.29, 0.717) is 10.7 Å². The molecule has 18 heavy (non-hydrogen) atoms. The van der Waals surface area contributed by atoms with E-state index in [1.165, 1.54) is 0 Å². The Labute approximate surface area is 110 Å². The molecule has 1 heterocycles. The molecular weight excluding hydrogens is 246 g/mol. The summed E-state index contributed by atoms with van der Waals surface area (Å²) in [7, 11) is 0. The second kappa shape index (κ2) is 4.07. The van der Waals surface area contributed by atoms with Crippen LogP contribution < -0.4 is 5.73 Å². The van der Waals surface area contributed by atoms with Crippen molar-refractivity contribution in [1.29, 1.82) is 0 Å². The average molecular weight is 258 g/mol. The summed E-state index contributed by atoms with van der Waals surface area (Å²) in [5.41, 5.74) is 9.46. The maximum atomic E-state index is 6.00. The normalized spacial score (nSPS) is 11.0. The lowest BCUT2D eigenvalue weighted by molar-refractivity contribution is 0.629. The fraction of sp³-hybridized carbons (Fsp3) is 0.0667. The van der Waals surface area contributed by atoms with Crippen LogP contribution in [0.3, 0.4) is 0 Å². The van der Waals surface area contributed by atoms with Crippen molar-refractivity contribution in [2.45, 2.75) is 6.92 Å². The third-order valence-electron chi connectivity index (χ3n) is 3.02. The van der Waals surface area contributed by atoms with Crippen LogP contribution in [0.4, 0.5) is 5.69 Å². The van der Waals surface area contributed by atoms with Gasteiger partial charge in [-0.05, 0) is 36.8 Å². The molecular formula is C15H12ClNO. The zero-order valence-electron chi connectivity index (χ0n) is 9.91. The van der Waals surface area contributed by atoms with Crippen LogP contribution in [0.1, 0.15) is 5.56 Å². The Bertz CT molecular complexity index is 730. The molecule has 0 aliphatic rings. The van der Waals surface area contributed by atoms with Crippen molar-refractivity contribution in [3.63, 3.8) is 0 Å². The summed E-state index contributed by atoms with van der Waals surface area (Å²) < 4.78 is 5.88. The Hall–Kier alpha value is -1.93. The zero-order valence-corrected chi connectivity index (χ0v) is 10.7. The molecule has 2 aromatic carbocycles. The van der Waals surface area contributed by atoms with Gasteiger partial charge in [0, 0.05) is 21.7 Å². The molecule has 0 atom stereocenters. The number of nitrogen functional groups attached to an aromatic ring is 1. The highest BCUT2D eigenvalue weighted by Crippen LogP contribution is 2.34. The van der Waals surface area contributed by atoms with Crippen LogP contribution in [0.2, 0.25) is 5.02 Å². The number of nitrogens with two attached hydrogens (primary N) is 1. The average Bonchev–Trinajstić information content (AvgIpc) is 2.77. The van der Waals surface area contributed by atoms with Crippen LogP contribution in [0.5, 0.6) is 0 Å². The number of rotatable bonds is 1. The monoisotopic (exact) mass is 257 g/mol. The number of hydrogen-bond acceptors (Lipinski definition) is 2. The largest absolute Gasteiger partial charge is 0.456 e. The highest BCUT2D eigenvalue weighted by molar-refractivity contribution is 6.31. The minimum absolute atomic E-state index is 0.649. The van der Waals surface area contributed by atoms with Crippen LogP contribution in [-0.4, -0.2) is 0 Å². The number of para-hydroxylation sites is 1. The molecule has 0 saturated carbocycles. The maximum Gasteiger partial charge on any atom is 0.137 e. The molecule has 1 aromatic heterocycles. The van der Waals surface area contributed by atoms with E-state index in [-0.39, 0.29) is 0 Å². The Morgan fingerprint density at radius 1 is 1.11 bits per heavy atom. The summed E-state index contributed by atoms with van der Waals surface area (Å²) in [6.07, 6.45) is 0. The fourth-order valence-electron chi connectivity index (χ4n) is 2.08. The van der Waals surface area contributed by atoms with Crippen LogP contribution >= 0.6 is 11.6 Å². The predicted octanol–water partition coefficient (Wildman–Crippen LogP) is 4.64. The quantitative estimate of drug-likeness (QED) is 0.645. The van der Waals surface area contributed by atoms with Gasteiger partial charge in [0.25, 0.3) is 0 Å². The van der Waals surface area contributed by atoms with Gasteiger partial charge >= 0.3 is 0 Å². The molecule has 0 bridgehead atoms. The van der Waals surface area contributed by atoms with E-state index in [0.717, 1.165) is 27.9 Å². The first-order valence-electron chi connectivity index (χ1n) is 5.70.